The number of methoxy groups -OCH3 is 2. The van der Waals surface area contributed by atoms with Crippen molar-refractivity contribution in [3.05, 3.63) is 23.9 Å². The number of nitrogens with two attached hydrogens (primary N) is 1. The van der Waals surface area contributed by atoms with Crippen molar-refractivity contribution < 1.29 is 9.47 Å². The summed E-state index contributed by atoms with van der Waals surface area (Å²) in [5.74, 6) is 1.94. The molecule has 0 spiro atoms. The number of aromatic nitrogens is 2. The molecular formula is C12H15N3O2. The Bertz CT molecular complexity index is 515. The number of nitrogens with zero attached hydrogens (tertiary/aromatic N) is 1. The Hall–Kier alpha value is -2.17. The summed E-state index contributed by atoms with van der Waals surface area (Å²) in [5.41, 5.74) is 8.47. The number of benzene rings is 1. The number of hydrogen-bond donors (Lipinski definition) is 2. The second-order valence-corrected chi connectivity index (χ2v) is 3.68. The van der Waals surface area contributed by atoms with E-state index in [0.29, 0.717) is 5.82 Å². The number of ether oxygens (including phenoxy) is 2. The predicted molar refractivity (Wildman–Crippen MR) is 66.3 cm³/mol. The molecule has 17 heavy (non-hydrogen) atoms. The van der Waals surface area contributed by atoms with Gasteiger partial charge in [-0.1, -0.05) is 0 Å². The topological polar surface area (TPSA) is 73.2 Å². The van der Waals surface area contributed by atoms with E-state index in [4.69, 9.17) is 15.2 Å². The molecule has 1 aromatic heterocycles. The van der Waals surface area contributed by atoms with Crippen molar-refractivity contribution in [1.82, 2.24) is 10.2 Å². The molecule has 0 aliphatic heterocycles. The highest BCUT2D eigenvalue weighted by atomic mass is 16.5. The van der Waals surface area contributed by atoms with Gasteiger partial charge in [-0.15, -0.1) is 0 Å². The van der Waals surface area contributed by atoms with Crippen LogP contribution in [0.15, 0.2) is 18.2 Å². The number of hydrogen-bond acceptors (Lipinski definition) is 4. The maximum atomic E-state index is 5.85. The predicted octanol–water partition coefficient (Wildman–Crippen LogP) is 1.98. The number of nitrogens with one attached hydrogen (secondary N) is 1. The maximum absolute atomic E-state index is 5.85. The third-order valence-corrected chi connectivity index (χ3v) is 2.65. The minimum Gasteiger partial charge on any atom is -0.497 e. The molecular weight excluding hydrogens is 218 g/mol. The lowest BCUT2D eigenvalue weighted by Crippen LogP contribution is -1.93. The Balaban J connectivity index is 2.64. The average molecular weight is 233 g/mol. The Morgan fingerprint density at radius 2 is 2.00 bits per heavy atom. The van der Waals surface area contributed by atoms with E-state index in [9.17, 15) is 0 Å². The number of nitrogen functional groups attached to an aromatic ring is 1. The van der Waals surface area contributed by atoms with E-state index in [1.54, 1.807) is 14.2 Å². The van der Waals surface area contributed by atoms with E-state index in [1.165, 1.54) is 0 Å². The molecule has 5 heteroatoms. The molecule has 0 radical (unpaired) electrons. The standard InChI is InChI=1S/C12H15N3O2/c1-7-11(12(13)15-14-7)9-6-8(16-2)4-5-10(9)17-3/h4-6H,1-3H3,(H3,13,14,15). The van der Waals surface area contributed by atoms with Crippen molar-refractivity contribution in [2.75, 3.05) is 20.0 Å². The molecule has 1 heterocycles. The number of aromatic amines is 1. The van der Waals surface area contributed by atoms with Crippen LogP contribution in [0.4, 0.5) is 5.82 Å². The smallest absolute Gasteiger partial charge is 0.153 e. The van der Waals surface area contributed by atoms with Crippen LogP contribution < -0.4 is 15.2 Å². The number of anilines is 1. The summed E-state index contributed by atoms with van der Waals surface area (Å²) in [6.45, 7) is 1.91. The van der Waals surface area contributed by atoms with Crippen LogP contribution in [0.2, 0.25) is 0 Å². The van der Waals surface area contributed by atoms with Gasteiger partial charge < -0.3 is 15.2 Å². The Labute approximate surface area is 99.5 Å². The van der Waals surface area contributed by atoms with Crippen LogP contribution in [0, 0.1) is 6.92 Å². The van der Waals surface area contributed by atoms with Crippen molar-refractivity contribution in [2.24, 2.45) is 0 Å². The molecule has 0 atom stereocenters. The van der Waals surface area contributed by atoms with Crippen LogP contribution in [0.1, 0.15) is 5.69 Å². The highest BCUT2D eigenvalue weighted by Crippen LogP contribution is 2.37. The zero-order valence-electron chi connectivity index (χ0n) is 10.1. The fraction of sp³-hybridized carbons (Fsp3) is 0.250. The van der Waals surface area contributed by atoms with Gasteiger partial charge in [0.2, 0.25) is 0 Å². The maximum Gasteiger partial charge on any atom is 0.153 e. The minimum atomic E-state index is 0.453. The van der Waals surface area contributed by atoms with Crippen molar-refractivity contribution >= 4 is 5.82 Å². The van der Waals surface area contributed by atoms with Crippen LogP contribution in [-0.4, -0.2) is 24.4 Å². The monoisotopic (exact) mass is 233 g/mol. The number of H-pyrrole nitrogens is 1. The van der Waals surface area contributed by atoms with Gasteiger partial charge in [-0.05, 0) is 25.1 Å². The number of aryl methyl sites for hydroxylation is 1. The molecule has 3 N–H and O–H groups in total. The summed E-state index contributed by atoms with van der Waals surface area (Å²) in [6, 6.07) is 5.57. The van der Waals surface area contributed by atoms with Gasteiger partial charge in [-0.25, -0.2) is 0 Å². The highest BCUT2D eigenvalue weighted by molar-refractivity contribution is 5.81. The quantitative estimate of drug-likeness (QED) is 0.850. The molecule has 0 unspecified atom stereocenters. The van der Waals surface area contributed by atoms with Crippen LogP contribution in [0.3, 0.4) is 0 Å². The second kappa shape index (κ2) is 4.37. The summed E-state index contributed by atoms with van der Waals surface area (Å²) in [7, 11) is 3.24. The normalized spacial score (nSPS) is 10.3. The van der Waals surface area contributed by atoms with E-state index in [1.807, 2.05) is 25.1 Å². The first-order valence-corrected chi connectivity index (χ1v) is 5.20. The van der Waals surface area contributed by atoms with E-state index in [-0.39, 0.29) is 0 Å². The molecule has 0 aliphatic carbocycles. The first kappa shape index (κ1) is 11.3. The third-order valence-electron chi connectivity index (χ3n) is 2.65. The van der Waals surface area contributed by atoms with E-state index >= 15 is 0 Å². The molecule has 0 saturated carbocycles. The van der Waals surface area contributed by atoms with Gasteiger partial charge in [-0.2, -0.15) is 5.10 Å². The molecule has 90 valence electrons. The molecule has 0 saturated heterocycles. The zero-order chi connectivity index (χ0) is 12.4. The van der Waals surface area contributed by atoms with Gasteiger partial charge >= 0.3 is 0 Å². The third kappa shape index (κ3) is 1.91. The number of rotatable bonds is 3. The Morgan fingerprint density at radius 1 is 1.24 bits per heavy atom. The summed E-state index contributed by atoms with van der Waals surface area (Å²) in [6.07, 6.45) is 0. The Kier molecular flexibility index (Phi) is 2.91. The van der Waals surface area contributed by atoms with Crippen molar-refractivity contribution in [3.8, 4) is 22.6 Å². The second-order valence-electron chi connectivity index (χ2n) is 3.68. The molecule has 2 aromatic rings. The van der Waals surface area contributed by atoms with Crippen LogP contribution in [0.5, 0.6) is 11.5 Å². The molecule has 0 aliphatic rings. The molecule has 0 amide bonds. The molecule has 2 rings (SSSR count). The Morgan fingerprint density at radius 3 is 2.53 bits per heavy atom. The van der Waals surface area contributed by atoms with Gasteiger partial charge in [0.15, 0.2) is 5.82 Å². The molecule has 5 nitrogen and oxygen atoms in total. The SMILES string of the molecule is COc1ccc(OC)c(-c2c(N)n[nH]c2C)c1. The van der Waals surface area contributed by atoms with Crippen LogP contribution >= 0.6 is 0 Å². The fourth-order valence-electron chi connectivity index (χ4n) is 1.80. The van der Waals surface area contributed by atoms with Gasteiger partial charge in [0, 0.05) is 11.3 Å². The van der Waals surface area contributed by atoms with Gasteiger partial charge in [0.1, 0.15) is 11.5 Å². The first-order chi connectivity index (χ1) is 8.17. The van der Waals surface area contributed by atoms with E-state index in [2.05, 4.69) is 10.2 Å². The summed E-state index contributed by atoms with van der Waals surface area (Å²) < 4.78 is 10.5. The fourth-order valence-corrected chi connectivity index (χ4v) is 1.80. The van der Waals surface area contributed by atoms with E-state index in [0.717, 1.165) is 28.3 Å². The molecule has 0 fully saturated rings. The lowest BCUT2D eigenvalue weighted by Gasteiger charge is -2.10. The molecule has 0 bridgehead atoms. The van der Waals surface area contributed by atoms with E-state index < -0.39 is 0 Å². The molecule has 1 aromatic carbocycles. The summed E-state index contributed by atoms with van der Waals surface area (Å²) >= 11 is 0. The first-order valence-electron chi connectivity index (χ1n) is 5.20. The summed E-state index contributed by atoms with van der Waals surface area (Å²) in [4.78, 5) is 0. The zero-order valence-corrected chi connectivity index (χ0v) is 10.1. The average Bonchev–Trinajstić information content (AvgIpc) is 2.68. The van der Waals surface area contributed by atoms with Crippen molar-refractivity contribution in [2.45, 2.75) is 6.92 Å². The lowest BCUT2D eigenvalue weighted by atomic mass is 10.0. The van der Waals surface area contributed by atoms with Gasteiger partial charge in [0.05, 0.1) is 19.8 Å². The minimum absolute atomic E-state index is 0.453. The van der Waals surface area contributed by atoms with Gasteiger partial charge in [-0.3, -0.25) is 5.10 Å². The van der Waals surface area contributed by atoms with Crippen LogP contribution in [-0.2, 0) is 0 Å². The largest absolute Gasteiger partial charge is 0.497 e. The lowest BCUT2D eigenvalue weighted by molar-refractivity contribution is 0.404. The summed E-state index contributed by atoms with van der Waals surface area (Å²) in [5, 5.41) is 6.83. The van der Waals surface area contributed by atoms with Crippen molar-refractivity contribution in [3.63, 3.8) is 0 Å². The van der Waals surface area contributed by atoms with Crippen LogP contribution in [0.25, 0.3) is 11.1 Å². The van der Waals surface area contributed by atoms with Gasteiger partial charge in [0.25, 0.3) is 0 Å². The van der Waals surface area contributed by atoms with Crippen molar-refractivity contribution in [1.29, 1.82) is 0 Å². The highest BCUT2D eigenvalue weighted by Gasteiger charge is 2.15.